The number of fused-ring (bicyclic) bond motifs is 2. The van der Waals surface area contributed by atoms with Gasteiger partial charge in [0.25, 0.3) is 0 Å². The summed E-state index contributed by atoms with van der Waals surface area (Å²) < 4.78 is 13.2. The molecule has 2 aromatic carbocycles. The molecule has 2 aromatic rings. The second kappa shape index (κ2) is 11.6. The molecule has 4 rings (SSSR count). The van der Waals surface area contributed by atoms with Crippen LogP contribution in [0.15, 0.2) is 0 Å². The number of phenolic OH excluding ortho intramolecular Hbond substituents is 2. The highest BCUT2D eigenvalue weighted by molar-refractivity contribution is 5.76. The third kappa shape index (κ3) is 6.02. The molecule has 0 spiro atoms. The normalized spacial score (nSPS) is 22.5. The van der Waals surface area contributed by atoms with Gasteiger partial charge in [-0.05, 0) is 147 Å². The van der Waals surface area contributed by atoms with Crippen LogP contribution < -0.4 is 9.47 Å². The van der Waals surface area contributed by atoms with Crippen molar-refractivity contribution >= 4 is 11.9 Å². The lowest BCUT2D eigenvalue weighted by Gasteiger charge is -2.42. The Balaban J connectivity index is 1.58. The number of carboxylic acids is 2. The zero-order chi connectivity index (χ0) is 32.1. The number of phenols is 2. The molecule has 8 nitrogen and oxygen atoms in total. The molecule has 43 heavy (non-hydrogen) atoms. The van der Waals surface area contributed by atoms with E-state index in [4.69, 9.17) is 9.47 Å². The van der Waals surface area contributed by atoms with Crippen LogP contribution in [0.5, 0.6) is 23.0 Å². The third-order valence-electron chi connectivity index (χ3n) is 10.7. The minimum Gasteiger partial charge on any atom is -0.507 e. The largest absolute Gasteiger partial charge is 0.507 e. The Bertz CT molecular complexity index is 1370. The van der Waals surface area contributed by atoms with Gasteiger partial charge in [-0.1, -0.05) is 0 Å². The lowest BCUT2D eigenvalue weighted by Crippen LogP contribution is -2.43. The van der Waals surface area contributed by atoms with Crippen molar-refractivity contribution in [2.75, 3.05) is 0 Å². The molecule has 0 radical (unpaired) electrons. The standard InChI is InChI=1S/C35H48O8/c1-19-21(3)30-25(23(5)28(19)38)9-12-33(7,42-30)15-17-35(32(40)41,14-11-27(36)37)18-16-34(8)13-10-26-24(6)29(39)20(2)22(4)31(26)43-34/h38-39H,9-18H2,1-8H3,(H,36,37)(H,40,41). The summed E-state index contributed by atoms with van der Waals surface area (Å²) in [6.45, 7) is 15.4. The molecule has 2 unspecified atom stereocenters. The molecule has 0 aromatic heterocycles. The second-order valence-electron chi connectivity index (χ2n) is 13.6. The molecule has 0 saturated heterocycles. The van der Waals surface area contributed by atoms with Crippen LogP contribution in [0.4, 0.5) is 0 Å². The lowest BCUT2D eigenvalue weighted by molar-refractivity contribution is -0.153. The van der Waals surface area contributed by atoms with E-state index in [0.29, 0.717) is 50.0 Å². The van der Waals surface area contributed by atoms with Crippen LogP contribution in [0, 0.1) is 47.0 Å². The summed E-state index contributed by atoms with van der Waals surface area (Å²) >= 11 is 0. The molecule has 0 fully saturated rings. The Morgan fingerprint density at radius 2 is 1.07 bits per heavy atom. The van der Waals surface area contributed by atoms with Gasteiger partial charge >= 0.3 is 11.9 Å². The number of hydrogen-bond donors (Lipinski definition) is 4. The van der Waals surface area contributed by atoms with Crippen LogP contribution in [-0.2, 0) is 22.4 Å². The van der Waals surface area contributed by atoms with E-state index in [0.717, 1.165) is 56.0 Å². The fourth-order valence-corrected chi connectivity index (χ4v) is 6.99. The molecule has 2 aliphatic rings. The highest BCUT2D eigenvalue weighted by Crippen LogP contribution is 2.49. The van der Waals surface area contributed by atoms with E-state index < -0.39 is 28.6 Å². The van der Waals surface area contributed by atoms with E-state index in [1.807, 2.05) is 55.4 Å². The smallest absolute Gasteiger partial charge is 0.309 e. The Kier molecular flexibility index (Phi) is 8.75. The van der Waals surface area contributed by atoms with Crippen molar-refractivity contribution in [3.63, 3.8) is 0 Å². The van der Waals surface area contributed by atoms with Crippen molar-refractivity contribution in [1.82, 2.24) is 0 Å². The molecule has 0 aliphatic carbocycles. The average molecular weight is 597 g/mol. The molecule has 0 bridgehead atoms. The lowest BCUT2D eigenvalue weighted by atomic mass is 9.70. The average Bonchev–Trinajstić information content (AvgIpc) is 2.96. The molecular weight excluding hydrogens is 548 g/mol. The van der Waals surface area contributed by atoms with Crippen LogP contribution in [0.1, 0.15) is 110 Å². The molecule has 4 N–H and O–H groups in total. The first-order valence-corrected chi connectivity index (χ1v) is 15.4. The molecule has 2 heterocycles. The van der Waals surface area contributed by atoms with Gasteiger partial charge in [0.05, 0.1) is 5.41 Å². The van der Waals surface area contributed by atoms with Crippen molar-refractivity contribution < 1.29 is 39.5 Å². The zero-order valence-electron chi connectivity index (χ0n) is 27.0. The molecule has 8 heteroatoms. The summed E-state index contributed by atoms with van der Waals surface area (Å²) in [6, 6.07) is 0. The summed E-state index contributed by atoms with van der Waals surface area (Å²) in [5, 5.41) is 41.3. The maximum atomic E-state index is 13.0. The third-order valence-corrected chi connectivity index (χ3v) is 10.7. The molecule has 236 valence electrons. The Morgan fingerprint density at radius 3 is 1.42 bits per heavy atom. The Morgan fingerprint density at radius 1 is 0.674 bits per heavy atom. The molecule has 2 aliphatic heterocycles. The fraction of sp³-hybridized carbons (Fsp3) is 0.600. The highest BCUT2D eigenvalue weighted by atomic mass is 16.5. The van der Waals surface area contributed by atoms with Gasteiger partial charge in [-0.15, -0.1) is 0 Å². The Labute approximate surface area is 255 Å². The van der Waals surface area contributed by atoms with Crippen LogP contribution in [0.2, 0.25) is 0 Å². The van der Waals surface area contributed by atoms with Crippen molar-refractivity contribution in [3.8, 4) is 23.0 Å². The van der Waals surface area contributed by atoms with E-state index in [9.17, 15) is 30.0 Å². The first-order valence-electron chi connectivity index (χ1n) is 15.4. The minimum absolute atomic E-state index is 0.0211. The van der Waals surface area contributed by atoms with E-state index in [2.05, 4.69) is 0 Å². The predicted octanol–water partition coefficient (Wildman–Crippen LogP) is 7.31. The van der Waals surface area contributed by atoms with E-state index >= 15 is 0 Å². The van der Waals surface area contributed by atoms with Crippen molar-refractivity contribution in [2.45, 2.75) is 131 Å². The number of carboxylic acid groups (broad SMARTS) is 2. The van der Waals surface area contributed by atoms with E-state index in [1.165, 1.54) is 0 Å². The van der Waals surface area contributed by atoms with Crippen LogP contribution >= 0.6 is 0 Å². The molecule has 2 atom stereocenters. The molecule has 0 saturated carbocycles. The van der Waals surface area contributed by atoms with Crippen LogP contribution in [0.25, 0.3) is 0 Å². The maximum absolute atomic E-state index is 13.0. The SMILES string of the molecule is Cc1c(C)c2c(c(C)c1O)CCC(C)(CCC(CCC(=O)O)(CCC1(C)CCc3c(C)c(O)c(C)c(C)c3O1)C(=O)O)O2. The number of hydrogen-bond acceptors (Lipinski definition) is 6. The number of rotatable bonds is 10. The summed E-state index contributed by atoms with van der Waals surface area (Å²) in [5.41, 5.74) is 4.43. The van der Waals surface area contributed by atoms with Gasteiger partial charge < -0.3 is 29.9 Å². The number of benzene rings is 2. The monoisotopic (exact) mass is 596 g/mol. The number of ether oxygens (including phenoxy) is 2. The van der Waals surface area contributed by atoms with E-state index in [-0.39, 0.29) is 25.7 Å². The summed E-state index contributed by atoms with van der Waals surface area (Å²) in [4.78, 5) is 24.7. The summed E-state index contributed by atoms with van der Waals surface area (Å²) in [6.07, 6.45) is 3.99. The summed E-state index contributed by atoms with van der Waals surface area (Å²) in [5.74, 6) is 0.106. The first kappa shape index (κ1) is 32.5. The molecular formula is C35H48O8. The highest BCUT2D eigenvalue weighted by Gasteiger charge is 2.45. The zero-order valence-corrected chi connectivity index (χ0v) is 27.0. The van der Waals surface area contributed by atoms with Crippen molar-refractivity contribution in [1.29, 1.82) is 0 Å². The Hall–Kier alpha value is -3.42. The van der Waals surface area contributed by atoms with Gasteiger partial charge in [0.2, 0.25) is 0 Å². The topological polar surface area (TPSA) is 134 Å². The quantitative estimate of drug-likeness (QED) is 0.224. The van der Waals surface area contributed by atoms with Gasteiger partial charge in [0.15, 0.2) is 0 Å². The van der Waals surface area contributed by atoms with Gasteiger partial charge in [0, 0.05) is 17.5 Å². The number of carbonyl (C=O) groups is 2. The molecule has 0 amide bonds. The maximum Gasteiger partial charge on any atom is 0.309 e. The number of aliphatic carboxylic acids is 2. The van der Waals surface area contributed by atoms with Crippen molar-refractivity contribution in [3.05, 3.63) is 44.5 Å². The van der Waals surface area contributed by atoms with Gasteiger partial charge in [-0.25, -0.2) is 0 Å². The second-order valence-corrected chi connectivity index (χ2v) is 13.6. The van der Waals surface area contributed by atoms with Gasteiger partial charge in [0.1, 0.15) is 34.2 Å². The van der Waals surface area contributed by atoms with Gasteiger partial charge in [-0.3, -0.25) is 9.59 Å². The minimum atomic E-state index is -1.26. The van der Waals surface area contributed by atoms with Gasteiger partial charge in [-0.2, -0.15) is 0 Å². The fourth-order valence-electron chi connectivity index (χ4n) is 6.99. The summed E-state index contributed by atoms with van der Waals surface area (Å²) in [7, 11) is 0. The predicted molar refractivity (Wildman–Crippen MR) is 165 cm³/mol. The number of aromatic hydroxyl groups is 2. The van der Waals surface area contributed by atoms with E-state index in [1.54, 1.807) is 0 Å². The first-order chi connectivity index (χ1) is 19.9. The van der Waals surface area contributed by atoms with Crippen molar-refractivity contribution in [2.24, 2.45) is 5.41 Å². The van der Waals surface area contributed by atoms with Crippen LogP contribution in [-0.4, -0.2) is 43.6 Å². The van der Waals surface area contributed by atoms with Crippen LogP contribution in [0.3, 0.4) is 0 Å².